The second kappa shape index (κ2) is 19.9. The standard InChI is InChI=1S/C19H23N3O2S.C14H21NOS.C2H6/c1-3-24-18-8-7-15(21-13(2)23)11-19(18)25-22-17-6-4-5-14-12-20-10-9-16(14)17;1-6-11(3)12(4)15-17-14-9-10(2)7-8-13(14)16-5;1-2/h4-8,11,20,22H,3,9-10,12H2,1-2H3,(H,21,23);7-9,15H,6H2,1-5H3;1-2H3/b;12-11-;. The first-order valence-corrected chi connectivity index (χ1v) is 16.9. The molecule has 1 heterocycles. The van der Waals surface area contributed by atoms with Crippen LogP contribution in [0.4, 0.5) is 11.4 Å². The summed E-state index contributed by atoms with van der Waals surface area (Å²) >= 11 is 3.11. The Balaban J connectivity index is 0.000000311. The summed E-state index contributed by atoms with van der Waals surface area (Å²) in [7, 11) is 1.70. The number of ether oxygens (including phenoxy) is 2. The van der Waals surface area contributed by atoms with Gasteiger partial charge in [0.25, 0.3) is 0 Å². The minimum atomic E-state index is -0.0855. The van der Waals surface area contributed by atoms with E-state index >= 15 is 0 Å². The Kier molecular flexibility index (Phi) is 16.7. The maximum absolute atomic E-state index is 11.3. The van der Waals surface area contributed by atoms with E-state index in [9.17, 15) is 4.79 Å². The third kappa shape index (κ3) is 11.7. The maximum atomic E-state index is 11.3. The first kappa shape index (κ1) is 36.9. The summed E-state index contributed by atoms with van der Waals surface area (Å²) in [6, 6.07) is 18.2. The zero-order valence-corrected chi connectivity index (χ0v) is 29.4. The van der Waals surface area contributed by atoms with Crippen LogP contribution in [-0.2, 0) is 17.8 Å². The number of hydrogen-bond acceptors (Lipinski definition) is 8. The van der Waals surface area contributed by atoms with E-state index in [1.54, 1.807) is 19.1 Å². The minimum Gasteiger partial charge on any atom is -0.496 e. The van der Waals surface area contributed by atoms with Gasteiger partial charge in [0, 0.05) is 30.5 Å². The average Bonchev–Trinajstić information content (AvgIpc) is 3.04. The fourth-order valence-corrected chi connectivity index (χ4v) is 5.99. The van der Waals surface area contributed by atoms with Crippen molar-refractivity contribution in [2.45, 2.75) is 84.6 Å². The van der Waals surface area contributed by atoms with Crippen LogP contribution >= 0.6 is 23.9 Å². The van der Waals surface area contributed by atoms with Crippen LogP contribution in [0.15, 0.2) is 75.7 Å². The molecule has 0 aromatic heterocycles. The van der Waals surface area contributed by atoms with Gasteiger partial charge in [-0.3, -0.25) is 4.79 Å². The molecule has 0 radical (unpaired) electrons. The van der Waals surface area contributed by atoms with Gasteiger partial charge in [0.2, 0.25) is 5.91 Å². The number of allylic oxidation sites excluding steroid dienone is 2. The minimum absolute atomic E-state index is 0.0855. The lowest BCUT2D eigenvalue weighted by atomic mass is 9.99. The van der Waals surface area contributed by atoms with Crippen molar-refractivity contribution in [2.75, 3.05) is 30.3 Å². The molecule has 0 atom stereocenters. The van der Waals surface area contributed by atoms with Crippen LogP contribution in [0.3, 0.4) is 0 Å². The Morgan fingerprint density at radius 3 is 2.36 bits per heavy atom. The number of aryl methyl sites for hydroxylation is 1. The summed E-state index contributed by atoms with van der Waals surface area (Å²) in [5.41, 5.74) is 8.45. The van der Waals surface area contributed by atoms with E-state index in [0.29, 0.717) is 6.61 Å². The highest BCUT2D eigenvalue weighted by molar-refractivity contribution is 8.00. The molecule has 0 unspecified atom stereocenters. The van der Waals surface area contributed by atoms with Gasteiger partial charge in [-0.15, -0.1) is 0 Å². The Bertz CT molecular complexity index is 1380. The molecule has 0 bridgehead atoms. The molecule has 9 heteroatoms. The van der Waals surface area contributed by atoms with E-state index in [1.807, 2.05) is 45.0 Å². The molecule has 1 aliphatic heterocycles. The number of benzene rings is 3. The molecule has 0 saturated carbocycles. The van der Waals surface area contributed by atoms with E-state index in [0.717, 1.165) is 58.6 Å². The molecule has 3 aromatic carbocycles. The highest BCUT2D eigenvalue weighted by atomic mass is 32.2. The molecule has 4 rings (SSSR count). The number of hydrogen-bond donors (Lipinski definition) is 4. The normalized spacial score (nSPS) is 12.2. The van der Waals surface area contributed by atoms with E-state index in [4.69, 9.17) is 9.47 Å². The van der Waals surface area contributed by atoms with E-state index in [2.05, 4.69) is 78.1 Å². The van der Waals surface area contributed by atoms with Crippen LogP contribution in [-0.4, -0.2) is 26.2 Å². The first-order chi connectivity index (χ1) is 21.2. The number of anilines is 2. The second-order valence-corrected chi connectivity index (χ2v) is 11.7. The van der Waals surface area contributed by atoms with Crippen molar-refractivity contribution in [3.8, 4) is 11.5 Å². The van der Waals surface area contributed by atoms with Crippen LogP contribution in [0.5, 0.6) is 11.5 Å². The van der Waals surface area contributed by atoms with Crippen molar-refractivity contribution in [3.05, 3.63) is 82.6 Å². The summed E-state index contributed by atoms with van der Waals surface area (Å²) in [6.07, 6.45) is 2.09. The lowest BCUT2D eigenvalue weighted by Crippen LogP contribution is -2.24. The highest BCUT2D eigenvalue weighted by Gasteiger charge is 2.14. The summed E-state index contributed by atoms with van der Waals surface area (Å²) in [6.45, 7) is 18.5. The van der Waals surface area contributed by atoms with Crippen LogP contribution in [0.25, 0.3) is 0 Å². The van der Waals surface area contributed by atoms with Gasteiger partial charge in [0.15, 0.2) is 0 Å². The molecule has 0 aliphatic carbocycles. The number of fused-ring (bicyclic) bond motifs is 1. The number of carbonyl (C=O) groups excluding carboxylic acids is 1. The third-order valence-electron chi connectivity index (χ3n) is 6.78. The Morgan fingerprint density at radius 1 is 0.955 bits per heavy atom. The van der Waals surface area contributed by atoms with Crippen LogP contribution in [0.1, 0.15) is 71.6 Å². The maximum Gasteiger partial charge on any atom is 0.221 e. The monoisotopic (exact) mass is 638 g/mol. The number of nitrogens with one attached hydrogen (secondary N) is 4. The fourth-order valence-electron chi connectivity index (χ4n) is 4.23. The third-order valence-corrected chi connectivity index (χ3v) is 8.59. The molecule has 1 amide bonds. The quantitative estimate of drug-likeness (QED) is 0.155. The summed E-state index contributed by atoms with van der Waals surface area (Å²) in [5, 5.41) is 6.22. The smallest absolute Gasteiger partial charge is 0.221 e. The first-order valence-electron chi connectivity index (χ1n) is 15.3. The van der Waals surface area contributed by atoms with E-state index in [1.165, 1.54) is 46.8 Å². The van der Waals surface area contributed by atoms with Crippen molar-refractivity contribution in [2.24, 2.45) is 0 Å². The zero-order valence-electron chi connectivity index (χ0n) is 27.8. The van der Waals surface area contributed by atoms with Crippen LogP contribution in [0.2, 0.25) is 0 Å². The molecule has 240 valence electrons. The van der Waals surface area contributed by atoms with Gasteiger partial charge in [-0.2, -0.15) is 0 Å². The van der Waals surface area contributed by atoms with E-state index in [-0.39, 0.29) is 5.91 Å². The molecule has 0 fully saturated rings. The molecular weight excluding hydrogens is 589 g/mol. The lowest BCUT2D eigenvalue weighted by Gasteiger charge is -2.21. The highest BCUT2D eigenvalue weighted by Crippen LogP contribution is 2.35. The molecule has 7 nitrogen and oxygen atoms in total. The number of amides is 1. The molecule has 4 N–H and O–H groups in total. The average molecular weight is 639 g/mol. The molecule has 44 heavy (non-hydrogen) atoms. The van der Waals surface area contributed by atoms with Gasteiger partial charge >= 0.3 is 0 Å². The topological polar surface area (TPSA) is 83.6 Å². The molecular formula is C35H50N4O3S2. The van der Waals surface area contributed by atoms with Crippen molar-refractivity contribution >= 4 is 41.2 Å². The molecule has 3 aromatic rings. The van der Waals surface area contributed by atoms with Crippen LogP contribution in [0, 0.1) is 6.92 Å². The molecule has 0 saturated heterocycles. The second-order valence-electron chi connectivity index (χ2n) is 9.97. The van der Waals surface area contributed by atoms with E-state index < -0.39 is 0 Å². The van der Waals surface area contributed by atoms with Gasteiger partial charge in [-0.1, -0.05) is 44.5 Å². The van der Waals surface area contributed by atoms with Gasteiger partial charge < -0.3 is 29.6 Å². The summed E-state index contributed by atoms with van der Waals surface area (Å²) in [5.74, 6) is 1.63. The summed E-state index contributed by atoms with van der Waals surface area (Å²) < 4.78 is 17.9. The number of methoxy groups -OCH3 is 1. The van der Waals surface area contributed by atoms with Crippen molar-refractivity contribution in [1.82, 2.24) is 10.0 Å². The SMILES string of the molecule is CC.CC/C(C)=C(/C)NSc1cc(C)ccc1OC.CCOc1ccc(NC(C)=O)cc1SNc1cccc2c1CCNC2. The lowest BCUT2D eigenvalue weighted by molar-refractivity contribution is -0.114. The number of carbonyl (C=O) groups is 1. The predicted octanol–water partition coefficient (Wildman–Crippen LogP) is 9.14. The summed E-state index contributed by atoms with van der Waals surface area (Å²) in [4.78, 5) is 13.4. The van der Waals surface area contributed by atoms with Crippen molar-refractivity contribution in [3.63, 3.8) is 0 Å². The Labute approximate surface area is 273 Å². The van der Waals surface area contributed by atoms with Crippen LogP contribution < -0.4 is 29.6 Å². The van der Waals surface area contributed by atoms with Crippen molar-refractivity contribution in [1.29, 1.82) is 0 Å². The fraction of sp³-hybridized carbons (Fsp3) is 0.400. The largest absolute Gasteiger partial charge is 0.496 e. The van der Waals surface area contributed by atoms with Gasteiger partial charge in [0.1, 0.15) is 11.5 Å². The zero-order chi connectivity index (χ0) is 32.5. The Hall–Kier alpha value is -3.27. The number of rotatable bonds is 11. The van der Waals surface area contributed by atoms with Gasteiger partial charge in [-0.25, -0.2) is 0 Å². The van der Waals surface area contributed by atoms with Gasteiger partial charge in [0.05, 0.1) is 23.5 Å². The predicted molar refractivity (Wildman–Crippen MR) is 190 cm³/mol. The Morgan fingerprint density at radius 2 is 1.68 bits per heavy atom. The van der Waals surface area contributed by atoms with Gasteiger partial charge in [-0.05, 0) is 124 Å². The molecule has 0 spiro atoms. The molecule has 1 aliphatic rings. The van der Waals surface area contributed by atoms with Crippen molar-refractivity contribution < 1.29 is 14.3 Å².